The highest BCUT2D eigenvalue weighted by Gasteiger charge is 2.41. The molecule has 3 nitrogen and oxygen atoms in total. The van der Waals surface area contributed by atoms with Gasteiger partial charge in [0.2, 0.25) is 0 Å². The number of rotatable bonds is 4. The van der Waals surface area contributed by atoms with Crippen LogP contribution >= 0.6 is 0 Å². The highest BCUT2D eigenvalue weighted by atomic mass is 32.2. The molecule has 0 fully saturated rings. The number of aryl methyl sites for hydroxylation is 1. The summed E-state index contributed by atoms with van der Waals surface area (Å²) in [7, 11) is -4.55. The van der Waals surface area contributed by atoms with Crippen LogP contribution in [0.1, 0.15) is 11.1 Å². The van der Waals surface area contributed by atoms with E-state index in [4.69, 9.17) is 4.55 Å². The summed E-state index contributed by atoms with van der Waals surface area (Å²) in [6.07, 6.45) is -5.13. The Hall–Kier alpha value is -1.15. The lowest BCUT2D eigenvalue weighted by Crippen LogP contribution is -2.29. The van der Waals surface area contributed by atoms with Gasteiger partial charge in [0.1, 0.15) is 0 Å². The van der Waals surface area contributed by atoms with E-state index < -0.39 is 33.8 Å². The van der Waals surface area contributed by atoms with Crippen LogP contribution in [-0.4, -0.2) is 25.3 Å². The molecule has 0 aromatic heterocycles. The van der Waals surface area contributed by atoms with Crippen molar-refractivity contribution in [3.8, 4) is 0 Å². The molecule has 0 radical (unpaired) electrons. The van der Waals surface area contributed by atoms with E-state index in [1.54, 1.807) is 0 Å². The lowest BCUT2D eigenvalue weighted by Gasteiger charge is -2.16. The molecular formula is C10H10F4O3S. The van der Waals surface area contributed by atoms with Crippen molar-refractivity contribution in [1.29, 1.82) is 0 Å². The normalized spacial score (nSPS) is 13.1. The van der Waals surface area contributed by atoms with Crippen LogP contribution in [0, 0.1) is 6.92 Å². The van der Waals surface area contributed by atoms with Gasteiger partial charge in [0.15, 0.2) is 0 Å². The first kappa shape index (κ1) is 14.9. The van der Waals surface area contributed by atoms with E-state index in [2.05, 4.69) is 0 Å². The van der Waals surface area contributed by atoms with Crippen LogP contribution in [0.15, 0.2) is 23.1 Å². The summed E-state index contributed by atoms with van der Waals surface area (Å²) in [6, 6.07) is 2.94. The number of halogens is 4. The molecule has 0 bridgehead atoms. The molecule has 0 unspecified atom stereocenters. The summed E-state index contributed by atoms with van der Waals surface area (Å²) in [5, 5.41) is 0. The summed E-state index contributed by atoms with van der Waals surface area (Å²) in [6.45, 7) is 1.38. The van der Waals surface area contributed by atoms with Crippen LogP contribution in [0.4, 0.5) is 17.6 Å². The molecule has 0 heterocycles. The molecule has 0 saturated carbocycles. The van der Waals surface area contributed by atoms with E-state index in [1.807, 2.05) is 0 Å². The van der Waals surface area contributed by atoms with E-state index in [1.165, 1.54) is 13.0 Å². The third-order valence-corrected chi connectivity index (χ3v) is 3.21. The molecule has 1 aromatic carbocycles. The van der Waals surface area contributed by atoms with Crippen molar-refractivity contribution in [2.45, 2.75) is 30.6 Å². The van der Waals surface area contributed by atoms with Crippen molar-refractivity contribution >= 4 is 10.1 Å². The van der Waals surface area contributed by atoms with Gasteiger partial charge < -0.3 is 0 Å². The molecule has 0 atom stereocenters. The van der Waals surface area contributed by atoms with Gasteiger partial charge in [0, 0.05) is 6.42 Å². The average Bonchev–Trinajstić information content (AvgIpc) is 2.19. The van der Waals surface area contributed by atoms with Gasteiger partial charge in [-0.15, -0.1) is 0 Å². The van der Waals surface area contributed by atoms with Gasteiger partial charge in [0.25, 0.3) is 10.1 Å². The molecule has 0 aliphatic heterocycles. The summed E-state index contributed by atoms with van der Waals surface area (Å²) in [4.78, 5) is -0.604. The van der Waals surface area contributed by atoms with Crippen LogP contribution < -0.4 is 0 Å². The molecule has 0 aliphatic carbocycles. The van der Waals surface area contributed by atoms with Gasteiger partial charge in [-0.3, -0.25) is 4.55 Å². The number of benzene rings is 1. The molecule has 8 heteroatoms. The predicted molar refractivity (Wildman–Crippen MR) is 55.6 cm³/mol. The molecule has 0 spiro atoms. The van der Waals surface area contributed by atoms with Gasteiger partial charge >= 0.3 is 12.3 Å². The Morgan fingerprint density at radius 2 is 1.89 bits per heavy atom. The van der Waals surface area contributed by atoms with Crippen molar-refractivity contribution in [2.24, 2.45) is 0 Å². The van der Waals surface area contributed by atoms with Crippen molar-refractivity contribution in [3.05, 3.63) is 29.3 Å². The van der Waals surface area contributed by atoms with Gasteiger partial charge in [-0.25, -0.2) is 8.78 Å². The zero-order valence-electron chi connectivity index (χ0n) is 9.20. The molecule has 102 valence electrons. The van der Waals surface area contributed by atoms with Gasteiger partial charge in [-0.05, 0) is 30.2 Å². The molecule has 0 amide bonds. The Morgan fingerprint density at radius 3 is 2.33 bits per heavy atom. The Kier molecular flexibility index (Phi) is 4.02. The third kappa shape index (κ3) is 3.42. The number of hydrogen-bond donors (Lipinski definition) is 1. The standard InChI is InChI=1S/C10H10F4O3S/c1-6-2-3-8(18(15,16)17)4-7(6)5-10(13,14)9(11)12/h2-4,9H,5H2,1H3,(H,15,16,17). The van der Waals surface area contributed by atoms with E-state index in [0.29, 0.717) is 0 Å². The largest absolute Gasteiger partial charge is 0.311 e. The highest BCUT2D eigenvalue weighted by molar-refractivity contribution is 7.85. The molecule has 18 heavy (non-hydrogen) atoms. The minimum Gasteiger partial charge on any atom is -0.282 e. The van der Waals surface area contributed by atoms with Crippen LogP contribution in [0.5, 0.6) is 0 Å². The quantitative estimate of drug-likeness (QED) is 0.684. The van der Waals surface area contributed by atoms with Crippen molar-refractivity contribution < 1.29 is 30.5 Å². The summed E-state index contributed by atoms with van der Waals surface area (Å²) >= 11 is 0. The fourth-order valence-corrected chi connectivity index (χ4v) is 1.86. The fraction of sp³-hybridized carbons (Fsp3) is 0.400. The smallest absolute Gasteiger partial charge is 0.282 e. The Balaban J connectivity index is 3.18. The van der Waals surface area contributed by atoms with Crippen LogP contribution in [-0.2, 0) is 16.5 Å². The second-order valence-corrected chi connectivity index (χ2v) is 5.22. The summed E-state index contributed by atoms with van der Waals surface area (Å²) in [5.74, 6) is -4.25. The molecule has 1 aromatic rings. The molecule has 0 saturated heterocycles. The van der Waals surface area contributed by atoms with E-state index in [9.17, 15) is 26.0 Å². The van der Waals surface area contributed by atoms with Crippen molar-refractivity contribution in [3.63, 3.8) is 0 Å². The molecule has 1 N–H and O–H groups in total. The van der Waals surface area contributed by atoms with E-state index in [-0.39, 0.29) is 11.1 Å². The van der Waals surface area contributed by atoms with Crippen LogP contribution in [0.25, 0.3) is 0 Å². The third-order valence-electron chi connectivity index (χ3n) is 2.36. The Bertz CT molecular complexity index is 540. The number of alkyl halides is 4. The van der Waals surface area contributed by atoms with E-state index in [0.717, 1.165) is 12.1 Å². The average molecular weight is 286 g/mol. The SMILES string of the molecule is Cc1ccc(S(=O)(=O)O)cc1CC(F)(F)C(F)F. The fourth-order valence-electron chi connectivity index (χ4n) is 1.33. The Morgan fingerprint density at radius 1 is 1.33 bits per heavy atom. The molecular weight excluding hydrogens is 276 g/mol. The zero-order chi connectivity index (χ0) is 14.1. The topological polar surface area (TPSA) is 54.4 Å². The van der Waals surface area contributed by atoms with Crippen LogP contribution in [0.3, 0.4) is 0 Å². The van der Waals surface area contributed by atoms with Gasteiger partial charge in [0.05, 0.1) is 4.90 Å². The van der Waals surface area contributed by atoms with Crippen molar-refractivity contribution in [2.75, 3.05) is 0 Å². The monoisotopic (exact) mass is 286 g/mol. The minimum absolute atomic E-state index is 0.239. The van der Waals surface area contributed by atoms with Crippen molar-refractivity contribution in [1.82, 2.24) is 0 Å². The molecule has 1 rings (SSSR count). The zero-order valence-corrected chi connectivity index (χ0v) is 10.0. The first-order chi connectivity index (χ1) is 8.04. The second kappa shape index (κ2) is 4.85. The summed E-state index contributed by atoms with van der Waals surface area (Å²) in [5.41, 5.74) is -0.0156. The van der Waals surface area contributed by atoms with Gasteiger partial charge in [-0.2, -0.15) is 17.2 Å². The first-order valence-electron chi connectivity index (χ1n) is 4.77. The first-order valence-corrected chi connectivity index (χ1v) is 6.21. The van der Waals surface area contributed by atoms with Gasteiger partial charge in [-0.1, -0.05) is 6.07 Å². The maximum absolute atomic E-state index is 12.9. The lowest BCUT2D eigenvalue weighted by molar-refractivity contribution is -0.127. The summed E-state index contributed by atoms with van der Waals surface area (Å²) < 4.78 is 80.2. The highest BCUT2D eigenvalue weighted by Crippen LogP contribution is 2.29. The van der Waals surface area contributed by atoms with Crippen LogP contribution in [0.2, 0.25) is 0 Å². The second-order valence-electron chi connectivity index (χ2n) is 3.80. The minimum atomic E-state index is -4.55. The Labute approximate surface area is 101 Å². The maximum Gasteiger partial charge on any atom is 0.311 e. The predicted octanol–water partition coefficient (Wildman–Crippen LogP) is 2.68. The lowest BCUT2D eigenvalue weighted by atomic mass is 10.0. The maximum atomic E-state index is 12.9. The van der Waals surface area contributed by atoms with E-state index >= 15 is 0 Å². The molecule has 0 aliphatic rings. The number of hydrogen-bond acceptors (Lipinski definition) is 2.